The SMILES string of the molecule is O=c1ccc(Cc2cccc(OCc3ccc(Cl)cc3)c2)n[nH]1. The van der Waals surface area contributed by atoms with E-state index >= 15 is 0 Å². The predicted molar refractivity (Wildman–Crippen MR) is 89.9 cm³/mol. The summed E-state index contributed by atoms with van der Waals surface area (Å²) in [4.78, 5) is 11.0. The minimum absolute atomic E-state index is 0.200. The molecule has 0 aliphatic carbocycles. The number of benzene rings is 2. The largest absolute Gasteiger partial charge is 0.489 e. The number of aromatic amines is 1. The van der Waals surface area contributed by atoms with Crippen LogP contribution in [0, 0.1) is 0 Å². The van der Waals surface area contributed by atoms with E-state index in [-0.39, 0.29) is 5.56 Å². The van der Waals surface area contributed by atoms with E-state index in [2.05, 4.69) is 10.2 Å². The van der Waals surface area contributed by atoms with Gasteiger partial charge in [-0.15, -0.1) is 0 Å². The Balaban J connectivity index is 1.66. The summed E-state index contributed by atoms with van der Waals surface area (Å²) in [6.45, 7) is 0.484. The van der Waals surface area contributed by atoms with Gasteiger partial charge in [0.25, 0.3) is 5.56 Å². The highest BCUT2D eigenvalue weighted by atomic mass is 35.5. The molecular formula is C18H15ClN2O2. The lowest BCUT2D eigenvalue weighted by Gasteiger charge is -2.08. The maximum Gasteiger partial charge on any atom is 0.264 e. The van der Waals surface area contributed by atoms with Gasteiger partial charge in [0.05, 0.1) is 5.69 Å². The molecule has 3 aromatic rings. The van der Waals surface area contributed by atoms with Crippen molar-refractivity contribution in [1.82, 2.24) is 10.2 Å². The van der Waals surface area contributed by atoms with Crippen molar-refractivity contribution in [3.8, 4) is 5.75 Å². The number of halogens is 1. The highest BCUT2D eigenvalue weighted by molar-refractivity contribution is 6.30. The molecule has 0 unspecified atom stereocenters. The Bertz CT molecular complexity index is 824. The summed E-state index contributed by atoms with van der Waals surface area (Å²) in [6, 6.07) is 18.6. The van der Waals surface area contributed by atoms with E-state index in [1.54, 1.807) is 6.07 Å². The van der Waals surface area contributed by atoms with E-state index < -0.39 is 0 Å². The van der Waals surface area contributed by atoms with Gasteiger partial charge in [0.1, 0.15) is 12.4 Å². The Morgan fingerprint density at radius 3 is 2.57 bits per heavy atom. The molecule has 0 radical (unpaired) electrons. The average Bonchev–Trinajstić information content (AvgIpc) is 2.57. The summed E-state index contributed by atoms with van der Waals surface area (Å²) in [6.07, 6.45) is 0.634. The van der Waals surface area contributed by atoms with Crippen LogP contribution in [0.5, 0.6) is 5.75 Å². The van der Waals surface area contributed by atoms with Crippen molar-refractivity contribution in [2.45, 2.75) is 13.0 Å². The number of nitrogens with zero attached hydrogens (tertiary/aromatic N) is 1. The summed E-state index contributed by atoms with van der Waals surface area (Å²) in [5.41, 5.74) is 2.73. The lowest BCUT2D eigenvalue weighted by molar-refractivity contribution is 0.306. The Hall–Kier alpha value is -2.59. The van der Waals surface area contributed by atoms with Crippen LogP contribution >= 0.6 is 11.6 Å². The van der Waals surface area contributed by atoms with Crippen LogP contribution < -0.4 is 10.3 Å². The van der Waals surface area contributed by atoms with Gasteiger partial charge < -0.3 is 4.74 Å². The molecule has 2 aromatic carbocycles. The molecule has 3 rings (SSSR count). The van der Waals surface area contributed by atoms with Crippen molar-refractivity contribution in [2.24, 2.45) is 0 Å². The van der Waals surface area contributed by atoms with Crippen LogP contribution in [0.2, 0.25) is 5.02 Å². The third-order valence-corrected chi connectivity index (χ3v) is 3.59. The summed E-state index contributed by atoms with van der Waals surface area (Å²) in [5.74, 6) is 0.793. The van der Waals surface area contributed by atoms with Gasteiger partial charge in [-0.25, -0.2) is 5.10 Å². The highest BCUT2D eigenvalue weighted by Crippen LogP contribution is 2.17. The van der Waals surface area contributed by atoms with E-state index in [1.165, 1.54) is 6.07 Å². The Labute approximate surface area is 138 Å². The lowest BCUT2D eigenvalue weighted by Crippen LogP contribution is -2.07. The van der Waals surface area contributed by atoms with Gasteiger partial charge in [-0.1, -0.05) is 35.9 Å². The number of H-pyrrole nitrogens is 1. The minimum atomic E-state index is -0.200. The van der Waals surface area contributed by atoms with Gasteiger partial charge in [0.15, 0.2) is 0 Å². The van der Waals surface area contributed by atoms with Gasteiger partial charge in [-0.05, 0) is 41.5 Å². The van der Waals surface area contributed by atoms with Crippen LogP contribution in [-0.2, 0) is 13.0 Å². The fraction of sp³-hybridized carbons (Fsp3) is 0.111. The highest BCUT2D eigenvalue weighted by Gasteiger charge is 2.01. The van der Waals surface area contributed by atoms with Crippen molar-refractivity contribution in [1.29, 1.82) is 0 Å². The second-order valence-electron chi connectivity index (χ2n) is 5.15. The molecule has 116 valence electrons. The Morgan fingerprint density at radius 1 is 1.00 bits per heavy atom. The van der Waals surface area contributed by atoms with Crippen LogP contribution in [0.3, 0.4) is 0 Å². The van der Waals surface area contributed by atoms with Crippen molar-refractivity contribution in [3.63, 3.8) is 0 Å². The maximum absolute atomic E-state index is 11.0. The zero-order valence-electron chi connectivity index (χ0n) is 12.3. The topological polar surface area (TPSA) is 55.0 Å². The molecule has 1 heterocycles. The molecule has 1 N–H and O–H groups in total. The zero-order valence-corrected chi connectivity index (χ0v) is 13.1. The second kappa shape index (κ2) is 7.11. The molecule has 0 bridgehead atoms. The molecule has 0 atom stereocenters. The molecule has 0 saturated heterocycles. The molecule has 0 amide bonds. The summed E-state index contributed by atoms with van der Waals surface area (Å²) >= 11 is 5.87. The normalized spacial score (nSPS) is 10.5. The van der Waals surface area contributed by atoms with Crippen LogP contribution in [-0.4, -0.2) is 10.2 Å². The van der Waals surface area contributed by atoms with Crippen LogP contribution in [0.4, 0.5) is 0 Å². The maximum atomic E-state index is 11.0. The molecule has 0 aliphatic rings. The summed E-state index contributed by atoms with van der Waals surface area (Å²) < 4.78 is 5.81. The predicted octanol–water partition coefficient (Wildman–Crippen LogP) is 3.59. The van der Waals surface area contributed by atoms with E-state index in [0.717, 1.165) is 22.6 Å². The first-order valence-corrected chi connectivity index (χ1v) is 7.58. The monoisotopic (exact) mass is 326 g/mol. The number of rotatable bonds is 5. The number of hydrogen-bond donors (Lipinski definition) is 1. The van der Waals surface area contributed by atoms with Crippen molar-refractivity contribution in [2.75, 3.05) is 0 Å². The second-order valence-corrected chi connectivity index (χ2v) is 5.59. The third-order valence-electron chi connectivity index (χ3n) is 3.34. The van der Waals surface area contributed by atoms with E-state index in [9.17, 15) is 4.79 Å². The Kier molecular flexibility index (Phi) is 4.74. The standard InChI is InChI=1S/C18H15ClN2O2/c19-15-6-4-13(5-7-15)12-23-17-3-1-2-14(11-17)10-16-8-9-18(22)21-20-16/h1-9,11H,10,12H2,(H,21,22). The van der Waals surface area contributed by atoms with Gasteiger partial charge in [0.2, 0.25) is 0 Å². The molecule has 0 spiro atoms. The van der Waals surface area contributed by atoms with Gasteiger partial charge in [0, 0.05) is 17.5 Å². The van der Waals surface area contributed by atoms with Gasteiger partial charge in [-0.3, -0.25) is 4.79 Å². The van der Waals surface area contributed by atoms with Gasteiger partial charge >= 0.3 is 0 Å². The molecule has 23 heavy (non-hydrogen) atoms. The molecular weight excluding hydrogens is 312 g/mol. The van der Waals surface area contributed by atoms with E-state index in [1.807, 2.05) is 48.5 Å². The molecule has 0 aliphatic heterocycles. The lowest BCUT2D eigenvalue weighted by atomic mass is 10.1. The fourth-order valence-corrected chi connectivity index (χ4v) is 2.30. The van der Waals surface area contributed by atoms with Crippen LogP contribution in [0.1, 0.15) is 16.8 Å². The van der Waals surface area contributed by atoms with Crippen LogP contribution in [0.15, 0.2) is 65.5 Å². The molecule has 4 nitrogen and oxygen atoms in total. The summed E-state index contributed by atoms with van der Waals surface area (Å²) in [5, 5.41) is 7.16. The fourth-order valence-electron chi connectivity index (χ4n) is 2.17. The summed E-state index contributed by atoms with van der Waals surface area (Å²) in [7, 11) is 0. The zero-order chi connectivity index (χ0) is 16.1. The quantitative estimate of drug-likeness (QED) is 0.779. The number of hydrogen-bond acceptors (Lipinski definition) is 3. The molecule has 0 saturated carbocycles. The van der Waals surface area contributed by atoms with Gasteiger partial charge in [-0.2, -0.15) is 5.10 Å². The first kappa shape index (κ1) is 15.3. The first-order valence-electron chi connectivity index (χ1n) is 7.20. The van der Waals surface area contributed by atoms with E-state index in [4.69, 9.17) is 16.3 Å². The number of aromatic nitrogens is 2. The molecule has 5 heteroatoms. The first-order chi connectivity index (χ1) is 11.2. The van der Waals surface area contributed by atoms with E-state index in [0.29, 0.717) is 18.1 Å². The third kappa shape index (κ3) is 4.44. The van der Waals surface area contributed by atoms with Crippen molar-refractivity contribution < 1.29 is 4.74 Å². The molecule has 0 fully saturated rings. The molecule has 1 aromatic heterocycles. The van der Waals surface area contributed by atoms with Crippen LogP contribution in [0.25, 0.3) is 0 Å². The number of nitrogens with one attached hydrogen (secondary N) is 1. The average molecular weight is 327 g/mol. The van der Waals surface area contributed by atoms with Crippen molar-refractivity contribution >= 4 is 11.6 Å². The Morgan fingerprint density at radius 2 is 1.83 bits per heavy atom. The number of ether oxygens (including phenoxy) is 1. The minimum Gasteiger partial charge on any atom is -0.489 e. The smallest absolute Gasteiger partial charge is 0.264 e. The van der Waals surface area contributed by atoms with Crippen molar-refractivity contribution in [3.05, 3.63) is 92.9 Å².